The van der Waals surface area contributed by atoms with Crippen LogP contribution in [0.1, 0.15) is 39.5 Å². The molecular weight excluding hydrogens is 234 g/mol. The van der Waals surface area contributed by atoms with Gasteiger partial charge in [-0.15, -0.1) is 6.58 Å². The Balaban J connectivity index is 4.26. The predicted octanol–water partition coefficient (Wildman–Crippen LogP) is 1.32. The van der Waals surface area contributed by atoms with Gasteiger partial charge in [-0.3, -0.25) is 4.79 Å². The summed E-state index contributed by atoms with van der Waals surface area (Å²) >= 11 is 0. The van der Waals surface area contributed by atoms with E-state index in [4.69, 9.17) is 5.11 Å². The Kier molecular flexibility index (Phi) is 8.03. The number of nitrogens with one attached hydrogen (secondary N) is 1. The van der Waals surface area contributed by atoms with Crippen LogP contribution in [0, 0.1) is 5.92 Å². The molecule has 0 bridgehead atoms. The van der Waals surface area contributed by atoms with Gasteiger partial charge in [-0.25, -0.2) is 4.79 Å². The van der Waals surface area contributed by atoms with Gasteiger partial charge in [0, 0.05) is 0 Å². The van der Waals surface area contributed by atoms with E-state index in [1.54, 1.807) is 6.08 Å². The molecule has 0 aromatic carbocycles. The molecule has 1 amide bonds. The van der Waals surface area contributed by atoms with Gasteiger partial charge >= 0.3 is 5.97 Å². The zero-order valence-corrected chi connectivity index (χ0v) is 11.1. The van der Waals surface area contributed by atoms with E-state index >= 15 is 0 Å². The van der Waals surface area contributed by atoms with Crippen LogP contribution in [-0.4, -0.2) is 34.2 Å². The first-order valence-corrected chi connectivity index (χ1v) is 6.20. The first kappa shape index (κ1) is 16.6. The fourth-order valence-corrected chi connectivity index (χ4v) is 1.55. The molecule has 0 aliphatic carbocycles. The number of carbonyl (C=O) groups is 2. The molecule has 0 aliphatic heterocycles. The third-order valence-corrected chi connectivity index (χ3v) is 2.51. The van der Waals surface area contributed by atoms with E-state index in [0.29, 0.717) is 25.7 Å². The van der Waals surface area contributed by atoms with Crippen molar-refractivity contribution in [1.29, 1.82) is 0 Å². The molecule has 0 heterocycles. The van der Waals surface area contributed by atoms with Crippen LogP contribution in [0.5, 0.6) is 0 Å². The van der Waals surface area contributed by atoms with Crippen LogP contribution in [0.3, 0.4) is 0 Å². The van der Waals surface area contributed by atoms with E-state index in [1.807, 2.05) is 13.8 Å². The summed E-state index contributed by atoms with van der Waals surface area (Å²) in [6.07, 6.45) is 2.56. The average molecular weight is 257 g/mol. The van der Waals surface area contributed by atoms with Crippen LogP contribution in [0.4, 0.5) is 0 Å². The standard InChI is InChI=1S/C13H23NO4/c1-4-5-6-7-10(13(17)18)14-12(16)11(15)8-9(2)3/h4,9-11,15H,1,5-8H2,2-3H3,(H,14,16)(H,17,18)/t10-,11-/m0/s1. The van der Waals surface area contributed by atoms with Gasteiger partial charge in [-0.05, 0) is 31.6 Å². The topological polar surface area (TPSA) is 86.6 Å². The smallest absolute Gasteiger partial charge is 0.326 e. The van der Waals surface area contributed by atoms with Gasteiger partial charge in [0.05, 0.1) is 0 Å². The lowest BCUT2D eigenvalue weighted by molar-refractivity contribution is -0.143. The Hall–Kier alpha value is -1.36. The van der Waals surface area contributed by atoms with Crippen LogP contribution in [0.2, 0.25) is 0 Å². The van der Waals surface area contributed by atoms with Crippen molar-refractivity contribution in [2.24, 2.45) is 5.92 Å². The Bertz CT molecular complexity index is 289. The number of carbonyl (C=O) groups excluding carboxylic acids is 1. The number of carboxylic acid groups (broad SMARTS) is 1. The number of hydrogen-bond donors (Lipinski definition) is 3. The first-order chi connectivity index (χ1) is 8.38. The lowest BCUT2D eigenvalue weighted by Crippen LogP contribution is -2.45. The zero-order chi connectivity index (χ0) is 14.1. The average Bonchev–Trinajstić information content (AvgIpc) is 2.26. The quantitative estimate of drug-likeness (QED) is 0.429. The van der Waals surface area contributed by atoms with Crippen molar-refractivity contribution in [3.05, 3.63) is 12.7 Å². The van der Waals surface area contributed by atoms with Gasteiger partial charge in [0.25, 0.3) is 0 Å². The molecule has 0 rings (SSSR count). The molecule has 5 heteroatoms. The highest BCUT2D eigenvalue weighted by Crippen LogP contribution is 2.07. The molecule has 0 aromatic heterocycles. The predicted molar refractivity (Wildman–Crippen MR) is 69.1 cm³/mol. The summed E-state index contributed by atoms with van der Waals surface area (Å²) in [5.74, 6) is -1.52. The highest BCUT2D eigenvalue weighted by Gasteiger charge is 2.23. The Morgan fingerprint density at radius 2 is 2.00 bits per heavy atom. The number of hydrogen-bond acceptors (Lipinski definition) is 3. The number of allylic oxidation sites excluding steroid dienone is 1. The Morgan fingerprint density at radius 1 is 1.39 bits per heavy atom. The summed E-state index contributed by atoms with van der Waals surface area (Å²) in [7, 11) is 0. The van der Waals surface area contributed by atoms with Crippen LogP contribution in [0.15, 0.2) is 12.7 Å². The number of rotatable bonds is 9. The third-order valence-electron chi connectivity index (χ3n) is 2.51. The molecule has 0 aliphatic rings. The number of aliphatic hydroxyl groups excluding tert-OH is 1. The van der Waals surface area contributed by atoms with Crippen molar-refractivity contribution in [2.45, 2.75) is 51.7 Å². The second-order valence-electron chi connectivity index (χ2n) is 4.76. The van der Waals surface area contributed by atoms with E-state index in [-0.39, 0.29) is 5.92 Å². The molecule has 0 unspecified atom stereocenters. The molecule has 0 radical (unpaired) electrons. The van der Waals surface area contributed by atoms with E-state index in [9.17, 15) is 14.7 Å². The molecule has 0 spiro atoms. The molecule has 0 saturated carbocycles. The maximum absolute atomic E-state index is 11.6. The second kappa shape index (κ2) is 8.69. The molecule has 2 atom stereocenters. The van der Waals surface area contributed by atoms with Crippen LogP contribution >= 0.6 is 0 Å². The van der Waals surface area contributed by atoms with E-state index in [0.717, 1.165) is 0 Å². The van der Waals surface area contributed by atoms with Crippen molar-refractivity contribution >= 4 is 11.9 Å². The third kappa shape index (κ3) is 7.06. The molecule has 0 fully saturated rings. The van der Waals surface area contributed by atoms with Gasteiger partial charge in [0.2, 0.25) is 5.91 Å². The summed E-state index contributed by atoms with van der Waals surface area (Å²) in [5.41, 5.74) is 0. The summed E-state index contributed by atoms with van der Waals surface area (Å²) in [6, 6.07) is -0.945. The summed E-state index contributed by atoms with van der Waals surface area (Å²) in [4.78, 5) is 22.5. The van der Waals surface area contributed by atoms with Crippen molar-refractivity contribution < 1.29 is 19.8 Å². The van der Waals surface area contributed by atoms with Gasteiger partial charge in [0.15, 0.2) is 0 Å². The number of carboxylic acids is 1. The normalized spacial score (nSPS) is 14.0. The van der Waals surface area contributed by atoms with E-state index in [2.05, 4.69) is 11.9 Å². The van der Waals surface area contributed by atoms with Crippen molar-refractivity contribution in [2.75, 3.05) is 0 Å². The minimum Gasteiger partial charge on any atom is -0.480 e. The second-order valence-corrected chi connectivity index (χ2v) is 4.76. The van der Waals surface area contributed by atoms with Gasteiger partial charge in [-0.2, -0.15) is 0 Å². The molecular formula is C13H23NO4. The van der Waals surface area contributed by atoms with Crippen molar-refractivity contribution in [3.8, 4) is 0 Å². The molecule has 0 aromatic rings. The molecule has 18 heavy (non-hydrogen) atoms. The fraction of sp³-hybridized carbons (Fsp3) is 0.692. The van der Waals surface area contributed by atoms with Gasteiger partial charge in [-0.1, -0.05) is 19.9 Å². The van der Waals surface area contributed by atoms with Gasteiger partial charge in [0.1, 0.15) is 12.1 Å². The van der Waals surface area contributed by atoms with Crippen LogP contribution in [0.25, 0.3) is 0 Å². The number of amides is 1. The largest absolute Gasteiger partial charge is 0.480 e. The number of aliphatic hydroxyl groups is 1. The molecule has 0 saturated heterocycles. The number of aliphatic carboxylic acids is 1. The summed E-state index contributed by atoms with van der Waals surface area (Å²) in [6.45, 7) is 7.32. The Morgan fingerprint density at radius 3 is 2.44 bits per heavy atom. The minimum absolute atomic E-state index is 0.176. The summed E-state index contributed by atoms with van der Waals surface area (Å²) < 4.78 is 0. The lowest BCUT2D eigenvalue weighted by Gasteiger charge is -2.18. The van der Waals surface area contributed by atoms with E-state index < -0.39 is 24.0 Å². The lowest BCUT2D eigenvalue weighted by atomic mass is 10.0. The van der Waals surface area contributed by atoms with Gasteiger partial charge < -0.3 is 15.5 Å². The SMILES string of the molecule is C=CCCC[C@H](NC(=O)[C@@H](O)CC(C)C)C(=O)O. The Labute approximate surface area is 108 Å². The fourth-order valence-electron chi connectivity index (χ4n) is 1.55. The highest BCUT2D eigenvalue weighted by atomic mass is 16.4. The maximum atomic E-state index is 11.6. The molecule has 5 nitrogen and oxygen atoms in total. The zero-order valence-electron chi connectivity index (χ0n) is 11.1. The van der Waals surface area contributed by atoms with Crippen molar-refractivity contribution in [1.82, 2.24) is 5.32 Å². The van der Waals surface area contributed by atoms with Crippen LogP contribution in [-0.2, 0) is 9.59 Å². The monoisotopic (exact) mass is 257 g/mol. The molecule has 3 N–H and O–H groups in total. The maximum Gasteiger partial charge on any atom is 0.326 e. The first-order valence-electron chi connectivity index (χ1n) is 6.20. The van der Waals surface area contributed by atoms with Crippen molar-refractivity contribution in [3.63, 3.8) is 0 Å². The number of unbranched alkanes of at least 4 members (excludes halogenated alkanes) is 1. The highest BCUT2D eigenvalue weighted by molar-refractivity contribution is 5.86. The van der Waals surface area contributed by atoms with E-state index in [1.165, 1.54) is 0 Å². The summed E-state index contributed by atoms with van der Waals surface area (Å²) in [5, 5.41) is 20.9. The van der Waals surface area contributed by atoms with Crippen LogP contribution < -0.4 is 5.32 Å². The molecule has 104 valence electrons. The minimum atomic E-state index is -1.15.